The fraction of sp³-hybridized carbons (Fsp3) is 0.636. The number of rotatable bonds is 4. The smallest absolute Gasteiger partial charge is 0.0947 e. The second-order valence-corrected chi connectivity index (χ2v) is 4.20. The second kappa shape index (κ2) is 4.62. The summed E-state index contributed by atoms with van der Waals surface area (Å²) in [5.74, 6) is 0.775. The molecule has 78 valence electrons. The molecule has 1 saturated carbocycles. The summed E-state index contributed by atoms with van der Waals surface area (Å²) in [5.41, 5.74) is 7.06. The predicted octanol–water partition coefficient (Wildman–Crippen LogP) is 1.50. The standard InChI is InChI=1S/C11H18N2O/c12-11-2-1-9(5-11)6-13-7-10-3-4-14-8-10/h3-4,8-9,11,13H,1-2,5-7,12H2. The van der Waals surface area contributed by atoms with Crippen LogP contribution in [0.3, 0.4) is 0 Å². The quantitative estimate of drug-likeness (QED) is 0.763. The van der Waals surface area contributed by atoms with Crippen LogP contribution >= 0.6 is 0 Å². The molecule has 3 nitrogen and oxygen atoms in total. The number of hydrogen-bond donors (Lipinski definition) is 2. The Morgan fingerprint density at radius 2 is 2.43 bits per heavy atom. The van der Waals surface area contributed by atoms with Gasteiger partial charge in [-0.15, -0.1) is 0 Å². The molecule has 0 bridgehead atoms. The van der Waals surface area contributed by atoms with E-state index in [0.29, 0.717) is 6.04 Å². The Bertz CT molecular complexity index is 258. The summed E-state index contributed by atoms with van der Waals surface area (Å²) < 4.78 is 4.99. The molecular formula is C11H18N2O. The van der Waals surface area contributed by atoms with Gasteiger partial charge >= 0.3 is 0 Å². The van der Waals surface area contributed by atoms with Crippen molar-refractivity contribution in [3.63, 3.8) is 0 Å². The van der Waals surface area contributed by atoms with Gasteiger partial charge in [0.25, 0.3) is 0 Å². The minimum atomic E-state index is 0.440. The zero-order valence-electron chi connectivity index (χ0n) is 8.41. The lowest BCUT2D eigenvalue weighted by Gasteiger charge is -2.09. The summed E-state index contributed by atoms with van der Waals surface area (Å²) in [6, 6.07) is 2.43. The van der Waals surface area contributed by atoms with Crippen molar-refractivity contribution in [3.05, 3.63) is 24.2 Å². The van der Waals surface area contributed by atoms with E-state index in [4.69, 9.17) is 10.2 Å². The van der Waals surface area contributed by atoms with Crippen LogP contribution in [0.2, 0.25) is 0 Å². The summed E-state index contributed by atoms with van der Waals surface area (Å²) in [6.07, 6.45) is 7.14. The molecule has 0 radical (unpaired) electrons. The maximum atomic E-state index is 5.85. The zero-order chi connectivity index (χ0) is 9.80. The Morgan fingerprint density at radius 3 is 3.07 bits per heavy atom. The van der Waals surface area contributed by atoms with Gasteiger partial charge < -0.3 is 15.5 Å². The first-order chi connectivity index (χ1) is 6.84. The molecular weight excluding hydrogens is 176 g/mol. The zero-order valence-corrected chi connectivity index (χ0v) is 8.41. The van der Waals surface area contributed by atoms with Gasteiger partial charge in [-0.3, -0.25) is 0 Å². The predicted molar refractivity (Wildman–Crippen MR) is 55.7 cm³/mol. The normalized spacial score (nSPS) is 26.9. The van der Waals surface area contributed by atoms with Crippen molar-refractivity contribution in [2.24, 2.45) is 11.7 Å². The first-order valence-corrected chi connectivity index (χ1v) is 5.32. The highest BCUT2D eigenvalue weighted by molar-refractivity contribution is 5.04. The van der Waals surface area contributed by atoms with Crippen molar-refractivity contribution in [2.45, 2.75) is 31.8 Å². The van der Waals surface area contributed by atoms with E-state index in [-0.39, 0.29) is 0 Å². The molecule has 1 aliphatic rings. The lowest BCUT2D eigenvalue weighted by Crippen LogP contribution is -2.22. The minimum absolute atomic E-state index is 0.440. The summed E-state index contributed by atoms with van der Waals surface area (Å²) >= 11 is 0. The highest BCUT2D eigenvalue weighted by atomic mass is 16.3. The van der Waals surface area contributed by atoms with E-state index in [1.165, 1.54) is 24.8 Å². The first-order valence-electron chi connectivity index (χ1n) is 5.32. The lowest BCUT2D eigenvalue weighted by molar-refractivity contribution is 0.480. The molecule has 14 heavy (non-hydrogen) atoms. The van der Waals surface area contributed by atoms with Gasteiger partial charge in [-0.25, -0.2) is 0 Å². The number of nitrogens with two attached hydrogens (primary N) is 1. The van der Waals surface area contributed by atoms with Crippen LogP contribution in [-0.2, 0) is 6.54 Å². The summed E-state index contributed by atoms with van der Waals surface area (Å²) in [6.45, 7) is 1.99. The van der Waals surface area contributed by atoms with Gasteiger partial charge in [-0.05, 0) is 37.8 Å². The van der Waals surface area contributed by atoms with E-state index in [1.807, 2.05) is 6.07 Å². The van der Waals surface area contributed by atoms with Crippen LogP contribution in [0.1, 0.15) is 24.8 Å². The Labute approximate surface area is 84.7 Å². The average molecular weight is 194 g/mol. The number of nitrogens with one attached hydrogen (secondary N) is 1. The Balaban J connectivity index is 1.64. The molecule has 1 aromatic heterocycles. The molecule has 1 heterocycles. The lowest BCUT2D eigenvalue weighted by atomic mass is 10.1. The topological polar surface area (TPSA) is 51.2 Å². The van der Waals surface area contributed by atoms with Gasteiger partial charge in [-0.1, -0.05) is 0 Å². The highest BCUT2D eigenvalue weighted by Crippen LogP contribution is 2.23. The van der Waals surface area contributed by atoms with Crippen molar-refractivity contribution in [2.75, 3.05) is 6.54 Å². The van der Waals surface area contributed by atoms with Gasteiger partial charge in [0.1, 0.15) is 0 Å². The van der Waals surface area contributed by atoms with Gasteiger partial charge in [0.15, 0.2) is 0 Å². The van der Waals surface area contributed by atoms with Crippen molar-refractivity contribution < 1.29 is 4.42 Å². The molecule has 1 fully saturated rings. The van der Waals surface area contributed by atoms with Crippen molar-refractivity contribution >= 4 is 0 Å². The van der Waals surface area contributed by atoms with Crippen LogP contribution in [0.25, 0.3) is 0 Å². The molecule has 0 amide bonds. The van der Waals surface area contributed by atoms with Crippen molar-refractivity contribution in [1.82, 2.24) is 5.32 Å². The van der Waals surface area contributed by atoms with Crippen LogP contribution in [0.5, 0.6) is 0 Å². The van der Waals surface area contributed by atoms with Crippen LogP contribution in [0.4, 0.5) is 0 Å². The number of furan rings is 1. The van der Waals surface area contributed by atoms with Gasteiger partial charge in [0, 0.05) is 18.2 Å². The van der Waals surface area contributed by atoms with E-state index >= 15 is 0 Å². The van der Waals surface area contributed by atoms with E-state index in [0.717, 1.165) is 19.0 Å². The maximum Gasteiger partial charge on any atom is 0.0947 e. The number of hydrogen-bond acceptors (Lipinski definition) is 3. The van der Waals surface area contributed by atoms with Gasteiger partial charge in [-0.2, -0.15) is 0 Å². The third-order valence-electron chi connectivity index (χ3n) is 2.92. The molecule has 0 spiro atoms. The van der Waals surface area contributed by atoms with E-state index in [9.17, 15) is 0 Å². The van der Waals surface area contributed by atoms with Crippen LogP contribution in [0.15, 0.2) is 23.0 Å². The fourth-order valence-corrected chi connectivity index (χ4v) is 2.11. The second-order valence-electron chi connectivity index (χ2n) is 4.20. The molecule has 1 aromatic rings. The van der Waals surface area contributed by atoms with Gasteiger partial charge in [0.05, 0.1) is 12.5 Å². The molecule has 2 atom stereocenters. The third-order valence-corrected chi connectivity index (χ3v) is 2.92. The summed E-state index contributed by atoms with van der Waals surface area (Å²) in [5, 5.41) is 3.43. The fourth-order valence-electron chi connectivity index (χ4n) is 2.11. The van der Waals surface area contributed by atoms with Crippen molar-refractivity contribution in [1.29, 1.82) is 0 Å². The molecule has 0 aliphatic heterocycles. The Kier molecular flexibility index (Phi) is 3.22. The largest absolute Gasteiger partial charge is 0.472 e. The molecule has 0 aromatic carbocycles. The Morgan fingerprint density at radius 1 is 1.50 bits per heavy atom. The van der Waals surface area contributed by atoms with E-state index in [1.54, 1.807) is 12.5 Å². The highest BCUT2D eigenvalue weighted by Gasteiger charge is 2.20. The Hall–Kier alpha value is -0.800. The van der Waals surface area contributed by atoms with Crippen molar-refractivity contribution in [3.8, 4) is 0 Å². The SMILES string of the molecule is NC1CCC(CNCc2ccoc2)C1. The maximum absolute atomic E-state index is 5.85. The first kappa shape index (κ1) is 9.74. The monoisotopic (exact) mass is 194 g/mol. The average Bonchev–Trinajstić information content (AvgIpc) is 2.77. The molecule has 3 N–H and O–H groups in total. The van der Waals surface area contributed by atoms with Crippen LogP contribution in [0, 0.1) is 5.92 Å². The minimum Gasteiger partial charge on any atom is -0.472 e. The van der Waals surface area contributed by atoms with E-state index < -0.39 is 0 Å². The molecule has 3 heteroatoms. The summed E-state index contributed by atoms with van der Waals surface area (Å²) in [4.78, 5) is 0. The molecule has 2 unspecified atom stereocenters. The van der Waals surface area contributed by atoms with Crippen LogP contribution < -0.4 is 11.1 Å². The molecule has 2 rings (SSSR count). The summed E-state index contributed by atoms with van der Waals surface area (Å²) in [7, 11) is 0. The van der Waals surface area contributed by atoms with E-state index in [2.05, 4.69) is 5.32 Å². The van der Waals surface area contributed by atoms with Crippen LogP contribution in [-0.4, -0.2) is 12.6 Å². The van der Waals surface area contributed by atoms with Gasteiger partial charge in [0.2, 0.25) is 0 Å². The third kappa shape index (κ3) is 2.59. The molecule has 0 saturated heterocycles. The molecule has 1 aliphatic carbocycles.